The van der Waals surface area contributed by atoms with Crippen LogP contribution in [0.4, 0.5) is 5.69 Å². The molecule has 5 nitrogen and oxygen atoms in total. The van der Waals surface area contributed by atoms with Gasteiger partial charge in [0.2, 0.25) is 5.91 Å². The molecule has 0 unspecified atom stereocenters. The number of hydrogen-bond donors (Lipinski definition) is 2. The van der Waals surface area contributed by atoms with Crippen LogP contribution in [0.5, 0.6) is 0 Å². The van der Waals surface area contributed by atoms with E-state index in [1.165, 1.54) is 0 Å². The topological polar surface area (TPSA) is 67.4 Å². The minimum atomic E-state index is -0.121. The van der Waals surface area contributed by atoms with E-state index in [0.29, 0.717) is 30.8 Å². The third-order valence-corrected chi connectivity index (χ3v) is 2.56. The fourth-order valence-corrected chi connectivity index (χ4v) is 1.47. The molecule has 0 aliphatic heterocycles. The van der Waals surface area contributed by atoms with E-state index in [1.807, 2.05) is 0 Å². The molecule has 0 atom stereocenters. The number of methoxy groups -OCH3 is 1. The molecule has 104 valence electrons. The number of carbonyl (C=O) groups is 2. The van der Waals surface area contributed by atoms with Crippen molar-refractivity contribution < 1.29 is 14.3 Å². The van der Waals surface area contributed by atoms with Crippen LogP contribution in [0.25, 0.3) is 0 Å². The van der Waals surface area contributed by atoms with E-state index < -0.39 is 0 Å². The van der Waals surface area contributed by atoms with E-state index in [9.17, 15) is 9.59 Å². The van der Waals surface area contributed by atoms with Gasteiger partial charge in [-0.25, -0.2) is 0 Å². The number of hydrogen-bond acceptors (Lipinski definition) is 3. The summed E-state index contributed by atoms with van der Waals surface area (Å²) in [6, 6.07) is 6.82. The summed E-state index contributed by atoms with van der Waals surface area (Å²) < 4.78 is 4.90. The van der Waals surface area contributed by atoms with E-state index in [4.69, 9.17) is 4.74 Å². The normalized spacial score (nSPS) is 10.0. The zero-order chi connectivity index (χ0) is 14.1. The lowest BCUT2D eigenvalue weighted by atomic mass is 10.2. The molecule has 1 aromatic carbocycles. The third kappa shape index (κ3) is 5.52. The molecular weight excluding hydrogens is 244 g/mol. The van der Waals surface area contributed by atoms with Gasteiger partial charge in [0.1, 0.15) is 0 Å². The highest BCUT2D eigenvalue weighted by molar-refractivity contribution is 5.95. The molecule has 0 spiro atoms. The summed E-state index contributed by atoms with van der Waals surface area (Å²) in [7, 11) is 1.63. The molecule has 5 heteroatoms. The van der Waals surface area contributed by atoms with Crippen molar-refractivity contribution >= 4 is 17.5 Å². The fraction of sp³-hybridized carbons (Fsp3) is 0.429. The molecule has 0 saturated heterocycles. The van der Waals surface area contributed by atoms with E-state index >= 15 is 0 Å². The zero-order valence-corrected chi connectivity index (χ0v) is 11.4. The molecule has 2 amide bonds. The van der Waals surface area contributed by atoms with Crippen molar-refractivity contribution in [1.82, 2.24) is 5.32 Å². The Labute approximate surface area is 113 Å². The van der Waals surface area contributed by atoms with Gasteiger partial charge in [0.25, 0.3) is 5.91 Å². The third-order valence-electron chi connectivity index (χ3n) is 2.56. The Morgan fingerprint density at radius 2 is 1.89 bits per heavy atom. The van der Waals surface area contributed by atoms with E-state index in [1.54, 1.807) is 38.3 Å². The molecule has 0 aliphatic carbocycles. The lowest BCUT2D eigenvalue weighted by molar-refractivity contribution is -0.115. The Bertz CT molecular complexity index is 415. The lowest BCUT2D eigenvalue weighted by Crippen LogP contribution is -2.25. The second-order valence-corrected chi connectivity index (χ2v) is 4.08. The summed E-state index contributed by atoms with van der Waals surface area (Å²) in [6.07, 6.45) is 1.22. The van der Waals surface area contributed by atoms with Crippen LogP contribution < -0.4 is 10.6 Å². The van der Waals surface area contributed by atoms with Crippen LogP contribution in [0.15, 0.2) is 24.3 Å². The zero-order valence-electron chi connectivity index (χ0n) is 11.4. The molecule has 0 bridgehead atoms. The van der Waals surface area contributed by atoms with Gasteiger partial charge in [0, 0.05) is 37.9 Å². The largest absolute Gasteiger partial charge is 0.385 e. The van der Waals surface area contributed by atoms with Crippen molar-refractivity contribution in [2.45, 2.75) is 19.8 Å². The van der Waals surface area contributed by atoms with Gasteiger partial charge < -0.3 is 15.4 Å². The summed E-state index contributed by atoms with van der Waals surface area (Å²) in [5.74, 6) is -0.166. The maximum Gasteiger partial charge on any atom is 0.251 e. The van der Waals surface area contributed by atoms with Gasteiger partial charge in [0.05, 0.1) is 0 Å². The van der Waals surface area contributed by atoms with Crippen LogP contribution in [0, 0.1) is 0 Å². The van der Waals surface area contributed by atoms with Crippen molar-refractivity contribution in [1.29, 1.82) is 0 Å². The van der Waals surface area contributed by atoms with Crippen LogP contribution in [0.1, 0.15) is 30.1 Å². The summed E-state index contributed by atoms with van der Waals surface area (Å²) in [5, 5.41) is 5.53. The molecule has 0 heterocycles. The van der Waals surface area contributed by atoms with Gasteiger partial charge in [-0.15, -0.1) is 0 Å². The van der Waals surface area contributed by atoms with E-state index in [0.717, 1.165) is 6.42 Å². The smallest absolute Gasteiger partial charge is 0.251 e. The Balaban J connectivity index is 2.46. The van der Waals surface area contributed by atoms with Crippen LogP contribution in [-0.2, 0) is 9.53 Å². The van der Waals surface area contributed by atoms with Gasteiger partial charge in [-0.05, 0) is 30.7 Å². The van der Waals surface area contributed by atoms with Crippen LogP contribution in [-0.4, -0.2) is 32.1 Å². The first-order valence-corrected chi connectivity index (χ1v) is 6.34. The highest BCUT2D eigenvalue weighted by Crippen LogP contribution is 2.09. The van der Waals surface area contributed by atoms with Crippen LogP contribution in [0.2, 0.25) is 0 Å². The average molecular weight is 264 g/mol. The van der Waals surface area contributed by atoms with Gasteiger partial charge in [-0.2, -0.15) is 0 Å². The minimum absolute atomic E-state index is 0.0447. The number of carbonyl (C=O) groups excluding carboxylic acids is 2. The SMILES string of the molecule is CCC(=O)Nc1ccc(C(=O)NCCCOC)cc1. The van der Waals surface area contributed by atoms with Crippen molar-refractivity contribution in [3.05, 3.63) is 29.8 Å². The first-order valence-electron chi connectivity index (χ1n) is 6.34. The molecule has 2 N–H and O–H groups in total. The number of nitrogens with one attached hydrogen (secondary N) is 2. The maximum absolute atomic E-state index is 11.8. The predicted octanol–water partition coefficient (Wildman–Crippen LogP) is 1.80. The molecule has 0 aromatic heterocycles. The highest BCUT2D eigenvalue weighted by atomic mass is 16.5. The Morgan fingerprint density at radius 3 is 2.47 bits per heavy atom. The van der Waals surface area contributed by atoms with Crippen molar-refractivity contribution in [2.24, 2.45) is 0 Å². The molecule has 1 aromatic rings. The van der Waals surface area contributed by atoms with Crippen molar-refractivity contribution in [2.75, 3.05) is 25.6 Å². The first-order chi connectivity index (χ1) is 9.17. The van der Waals surface area contributed by atoms with E-state index in [-0.39, 0.29) is 11.8 Å². The quantitative estimate of drug-likeness (QED) is 0.738. The Kier molecular flexibility index (Phi) is 6.60. The summed E-state index contributed by atoms with van der Waals surface area (Å²) in [6.45, 7) is 3.00. The van der Waals surface area contributed by atoms with Gasteiger partial charge in [-0.1, -0.05) is 6.92 Å². The summed E-state index contributed by atoms with van der Waals surface area (Å²) in [4.78, 5) is 23.0. The van der Waals surface area contributed by atoms with Crippen molar-refractivity contribution in [3.63, 3.8) is 0 Å². The molecule has 0 fully saturated rings. The molecule has 0 saturated carbocycles. The predicted molar refractivity (Wildman–Crippen MR) is 74.2 cm³/mol. The van der Waals surface area contributed by atoms with E-state index in [2.05, 4.69) is 10.6 Å². The molecule has 19 heavy (non-hydrogen) atoms. The highest BCUT2D eigenvalue weighted by Gasteiger charge is 2.05. The van der Waals surface area contributed by atoms with Crippen molar-refractivity contribution in [3.8, 4) is 0 Å². The first kappa shape index (κ1) is 15.2. The van der Waals surface area contributed by atoms with Gasteiger partial charge in [-0.3, -0.25) is 9.59 Å². The number of anilines is 1. The number of amides is 2. The van der Waals surface area contributed by atoms with Crippen LogP contribution in [0.3, 0.4) is 0 Å². The maximum atomic E-state index is 11.8. The standard InChI is InChI=1S/C14H20N2O3/c1-3-13(17)16-12-7-5-11(6-8-12)14(18)15-9-4-10-19-2/h5-8H,3-4,9-10H2,1-2H3,(H,15,18)(H,16,17). The fourth-order valence-electron chi connectivity index (χ4n) is 1.47. The molecular formula is C14H20N2O3. The van der Waals surface area contributed by atoms with Gasteiger partial charge in [0.15, 0.2) is 0 Å². The average Bonchev–Trinajstić information content (AvgIpc) is 2.44. The monoisotopic (exact) mass is 264 g/mol. The number of ether oxygens (including phenoxy) is 1. The Morgan fingerprint density at radius 1 is 1.21 bits per heavy atom. The number of rotatable bonds is 7. The summed E-state index contributed by atoms with van der Waals surface area (Å²) >= 11 is 0. The minimum Gasteiger partial charge on any atom is -0.385 e. The second kappa shape index (κ2) is 8.26. The Hall–Kier alpha value is -1.88. The molecule has 1 rings (SSSR count). The van der Waals surface area contributed by atoms with Gasteiger partial charge >= 0.3 is 0 Å². The number of benzene rings is 1. The van der Waals surface area contributed by atoms with Crippen LogP contribution >= 0.6 is 0 Å². The molecule has 0 radical (unpaired) electrons. The lowest BCUT2D eigenvalue weighted by Gasteiger charge is -2.06. The summed E-state index contributed by atoms with van der Waals surface area (Å²) in [5.41, 5.74) is 1.27. The molecule has 0 aliphatic rings. The second-order valence-electron chi connectivity index (χ2n) is 4.08.